The maximum atomic E-state index is 12.2. The van der Waals surface area contributed by atoms with Gasteiger partial charge in [0.15, 0.2) is 0 Å². The van der Waals surface area contributed by atoms with E-state index in [0.717, 1.165) is 5.69 Å². The predicted molar refractivity (Wildman–Crippen MR) is 88.4 cm³/mol. The van der Waals surface area contributed by atoms with Crippen LogP contribution in [-0.4, -0.2) is 19.0 Å². The minimum absolute atomic E-state index is 0.146. The molecule has 0 aliphatic carbocycles. The van der Waals surface area contributed by atoms with E-state index < -0.39 is 0 Å². The van der Waals surface area contributed by atoms with Gasteiger partial charge in [-0.05, 0) is 30.3 Å². The minimum Gasteiger partial charge on any atom is -0.399 e. The Morgan fingerprint density at radius 2 is 1.95 bits per heavy atom. The summed E-state index contributed by atoms with van der Waals surface area (Å²) in [5, 5.41) is 11.6. The van der Waals surface area contributed by atoms with Crippen LogP contribution in [0.15, 0.2) is 54.6 Å². The molecule has 0 radical (unpaired) electrons. The Hall–Kier alpha value is -3.00. The highest BCUT2D eigenvalue weighted by Gasteiger charge is 2.11. The topological polar surface area (TPSA) is 82.2 Å². The molecule has 0 atom stereocenters. The Balaban J connectivity index is 2.03. The molecule has 0 aliphatic heterocycles. The molecule has 0 aromatic heterocycles. The second-order valence-corrected chi connectivity index (χ2v) is 4.84. The van der Waals surface area contributed by atoms with Crippen molar-refractivity contribution in [1.82, 2.24) is 0 Å². The van der Waals surface area contributed by atoms with Gasteiger partial charge in [-0.15, -0.1) is 0 Å². The number of hydrogen-bond donors (Lipinski definition) is 2. The average Bonchev–Trinajstić information content (AvgIpc) is 2.52. The molecule has 0 saturated carbocycles. The standard InChI is InChI=1S/C17H18N4O/c18-10-5-11-21(16-8-2-1-3-9-16)13-17(22)20-15-7-4-6-14(19)12-15/h1-4,6-9,12H,5,11,13,19H2,(H,20,22). The Morgan fingerprint density at radius 3 is 2.64 bits per heavy atom. The summed E-state index contributed by atoms with van der Waals surface area (Å²) >= 11 is 0. The molecule has 5 heteroatoms. The van der Waals surface area contributed by atoms with Crippen molar-refractivity contribution in [3.8, 4) is 6.07 Å². The highest BCUT2D eigenvalue weighted by atomic mass is 16.2. The molecule has 0 spiro atoms. The highest BCUT2D eigenvalue weighted by molar-refractivity contribution is 5.94. The van der Waals surface area contributed by atoms with E-state index in [4.69, 9.17) is 11.0 Å². The molecule has 0 fully saturated rings. The van der Waals surface area contributed by atoms with Crippen molar-refractivity contribution < 1.29 is 4.79 Å². The van der Waals surface area contributed by atoms with Gasteiger partial charge in [-0.3, -0.25) is 4.79 Å². The van der Waals surface area contributed by atoms with E-state index in [1.165, 1.54) is 0 Å². The van der Waals surface area contributed by atoms with Crippen LogP contribution in [0.2, 0.25) is 0 Å². The maximum absolute atomic E-state index is 12.2. The number of nitrogen functional groups attached to an aromatic ring is 1. The zero-order chi connectivity index (χ0) is 15.8. The SMILES string of the molecule is N#CCCN(CC(=O)Nc1cccc(N)c1)c1ccccc1. The molecule has 0 unspecified atom stereocenters. The fourth-order valence-corrected chi connectivity index (χ4v) is 2.11. The Labute approximate surface area is 130 Å². The van der Waals surface area contributed by atoms with Crippen molar-refractivity contribution in [1.29, 1.82) is 5.26 Å². The van der Waals surface area contributed by atoms with Gasteiger partial charge in [0.1, 0.15) is 0 Å². The average molecular weight is 294 g/mol. The molecule has 0 bridgehead atoms. The lowest BCUT2D eigenvalue weighted by Crippen LogP contribution is -2.34. The van der Waals surface area contributed by atoms with Gasteiger partial charge in [0, 0.05) is 23.6 Å². The summed E-state index contributed by atoms with van der Waals surface area (Å²) in [5.41, 5.74) is 7.88. The van der Waals surface area contributed by atoms with Crippen molar-refractivity contribution in [2.45, 2.75) is 6.42 Å². The first kappa shape index (κ1) is 15.4. The summed E-state index contributed by atoms with van der Waals surface area (Å²) in [7, 11) is 0. The van der Waals surface area contributed by atoms with Crippen molar-refractivity contribution in [2.75, 3.05) is 29.0 Å². The van der Waals surface area contributed by atoms with Gasteiger partial charge >= 0.3 is 0 Å². The molecule has 0 saturated heterocycles. The second-order valence-electron chi connectivity index (χ2n) is 4.84. The Morgan fingerprint density at radius 1 is 1.18 bits per heavy atom. The summed E-state index contributed by atoms with van der Waals surface area (Å²) in [4.78, 5) is 14.1. The lowest BCUT2D eigenvalue weighted by Gasteiger charge is -2.23. The van der Waals surface area contributed by atoms with Gasteiger partial charge in [0.05, 0.1) is 19.0 Å². The van der Waals surface area contributed by atoms with Crippen LogP contribution in [0, 0.1) is 11.3 Å². The van der Waals surface area contributed by atoms with Crippen LogP contribution < -0.4 is 16.0 Å². The maximum Gasteiger partial charge on any atom is 0.243 e. The zero-order valence-corrected chi connectivity index (χ0v) is 12.2. The quantitative estimate of drug-likeness (QED) is 0.802. The number of nitrogens with two attached hydrogens (primary N) is 1. The van der Waals surface area contributed by atoms with E-state index in [-0.39, 0.29) is 12.5 Å². The third kappa shape index (κ3) is 4.53. The second kappa shape index (κ2) is 7.70. The summed E-state index contributed by atoms with van der Waals surface area (Å²) in [6.07, 6.45) is 0.362. The van der Waals surface area contributed by atoms with Crippen LogP contribution in [0.4, 0.5) is 17.1 Å². The number of nitrogens with zero attached hydrogens (tertiary/aromatic N) is 2. The number of anilines is 3. The van der Waals surface area contributed by atoms with E-state index >= 15 is 0 Å². The van der Waals surface area contributed by atoms with Crippen LogP contribution in [0.1, 0.15) is 6.42 Å². The number of carbonyl (C=O) groups excluding carboxylic acids is 1. The van der Waals surface area contributed by atoms with Gasteiger partial charge in [-0.2, -0.15) is 5.26 Å². The van der Waals surface area contributed by atoms with E-state index in [0.29, 0.717) is 24.3 Å². The van der Waals surface area contributed by atoms with Crippen LogP contribution in [0.5, 0.6) is 0 Å². The van der Waals surface area contributed by atoms with Gasteiger partial charge in [-0.25, -0.2) is 0 Å². The first-order valence-electron chi connectivity index (χ1n) is 7.01. The summed E-state index contributed by atoms with van der Waals surface area (Å²) in [6, 6.07) is 18.7. The molecular weight excluding hydrogens is 276 g/mol. The molecule has 3 N–H and O–H groups in total. The fourth-order valence-electron chi connectivity index (χ4n) is 2.11. The smallest absolute Gasteiger partial charge is 0.243 e. The van der Waals surface area contributed by atoms with Crippen LogP contribution >= 0.6 is 0 Å². The van der Waals surface area contributed by atoms with Gasteiger partial charge in [0.25, 0.3) is 0 Å². The minimum atomic E-state index is -0.146. The van der Waals surface area contributed by atoms with Crippen LogP contribution in [0.25, 0.3) is 0 Å². The van der Waals surface area contributed by atoms with Gasteiger partial charge in [-0.1, -0.05) is 24.3 Å². The van der Waals surface area contributed by atoms with E-state index in [1.807, 2.05) is 35.2 Å². The highest BCUT2D eigenvalue weighted by Crippen LogP contribution is 2.15. The number of nitrogens with one attached hydrogen (secondary N) is 1. The van der Waals surface area contributed by atoms with Gasteiger partial charge < -0.3 is 16.0 Å². The molecule has 22 heavy (non-hydrogen) atoms. The van der Waals surface area contributed by atoms with Crippen molar-refractivity contribution in [3.05, 3.63) is 54.6 Å². The van der Waals surface area contributed by atoms with Crippen LogP contribution in [0.3, 0.4) is 0 Å². The fraction of sp³-hybridized carbons (Fsp3) is 0.176. The normalized spacial score (nSPS) is 9.77. The van der Waals surface area contributed by atoms with E-state index in [2.05, 4.69) is 11.4 Å². The molecule has 1 amide bonds. The first-order valence-corrected chi connectivity index (χ1v) is 7.01. The Kier molecular flexibility index (Phi) is 5.38. The third-order valence-corrected chi connectivity index (χ3v) is 3.12. The molecule has 2 rings (SSSR count). The van der Waals surface area contributed by atoms with Gasteiger partial charge in [0.2, 0.25) is 5.91 Å². The summed E-state index contributed by atoms with van der Waals surface area (Å²) in [5.74, 6) is -0.146. The van der Waals surface area contributed by atoms with E-state index in [9.17, 15) is 4.79 Å². The molecule has 2 aromatic rings. The number of nitriles is 1. The number of hydrogen-bond acceptors (Lipinski definition) is 4. The Bertz CT molecular complexity index is 664. The first-order chi connectivity index (χ1) is 10.7. The van der Waals surface area contributed by atoms with Crippen molar-refractivity contribution >= 4 is 23.0 Å². The summed E-state index contributed by atoms with van der Waals surface area (Å²) in [6.45, 7) is 0.686. The molecule has 0 heterocycles. The van der Waals surface area contributed by atoms with E-state index in [1.54, 1.807) is 24.3 Å². The monoisotopic (exact) mass is 294 g/mol. The summed E-state index contributed by atoms with van der Waals surface area (Å²) < 4.78 is 0. The van der Waals surface area contributed by atoms with Crippen molar-refractivity contribution in [2.24, 2.45) is 0 Å². The molecule has 112 valence electrons. The lowest BCUT2D eigenvalue weighted by atomic mass is 10.2. The number of carbonyl (C=O) groups is 1. The zero-order valence-electron chi connectivity index (χ0n) is 12.2. The van der Waals surface area contributed by atoms with Crippen molar-refractivity contribution in [3.63, 3.8) is 0 Å². The lowest BCUT2D eigenvalue weighted by molar-refractivity contribution is -0.115. The largest absolute Gasteiger partial charge is 0.399 e. The number of rotatable bonds is 6. The third-order valence-electron chi connectivity index (χ3n) is 3.12. The number of benzene rings is 2. The number of amides is 1. The molecular formula is C17H18N4O. The molecule has 0 aliphatic rings. The van der Waals surface area contributed by atoms with Crippen LogP contribution in [-0.2, 0) is 4.79 Å². The molecule has 2 aromatic carbocycles. The predicted octanol–water partition coefficient (Wildman–Crippen LogP) is 2.63. The number of para-hydroxylation sites is 1. The molecule has 5 nitrogen and oxygen atoms in total.